The predicted octanol–water partition coefficient (Wildman–Crippen LogP) is 5.15. The van der Waals surface area contributed by atoms with Gasteiger partial charge in [-0.2, -0.15) is 0 Å². The van der Waals surface area contributed by atoms with Gasteiger partial charge >= 0.3 is 0 Å². The van der Waals surface area contributed by atoms with Gasteiger partial charge in [0.2, 0.25) is 0 Å². The first-order chi connectivity index (χ1) is 18.6. The number of H-pyrrole nitrogens is 1. The van der Waals surface area contributed by atoms with Crippen LogP contribution in [0.2, 0.25) is 0 Å². The number of aromatic amines is 1. The molecule has 38 heavy (non-hydrogen) atoms. The summed E-state index contributed by atoms with van der Waals surface area (Å²) in [6.07, 6.45) is 11.7. The summed E-state index contributed by atoms with van der Waals surface area (Å²) < 4.78 is 0. The first-order valence-corrected chi connectivity index (χ1v) is 13.3. The lowest BCUT2D eigenvalue weighted by Gasteiger charge is -2.21. The maximum atomic E-state index is 12.8. The molecule has 0 aliphatic rings. The van der Waals surface area contributed by atoms with Crippen molar-refractivity contribution in [1.29, 1.82) is 0 Å². The van der Waals surface area contributed by atoms with Crippen LogP contribution in [0.4, 0.5) is 5.69 Å². The Kier molecular flexibility index (Phi) is 10.1. The van der Waals surface area contributed by atoms with Crippen molar-refractivity contribution in [3.63, 3.8) is 0 Å². The summed E-state index contributed by atoms with van der Waals surface area (Å²) in [5, 5.41) is 6.56. The van der Waals surface area contributed by atoms with Gasteiger partial charge in [-0.1, -0.05) is 38.1 Å². The molecule has 8 heteroatoms. The monoisotopic (exact) mass is 511 g/mol. The quantitative estimate of drug-likeness (QED) is 0.217. The van der Waals surface area contributed by atoms with Crippen molar-refractivity contribution < 1.29 is 4.79 Å². The number of carbonyl (C=O) groups is 1. The lowest BCUT2D eigenvalue weighted by atomic mass is 10.1. The SMILES string of the molecule is CCCN(CCC)Cc1ccc(NC(=O)c2ccc(CNC(Cc3ncc[nH]3)c3cnccn3)cc2)cc1. The van der Waals surface area contributed by atoms with Crippen LogP contribution in [0.25, 0.3) is 0 Å². The van der Waals surface area contributed by atoms with Crippen LogP contribution >= 0.6 is 0 Å². The van der Waals surface area contributed by atoms with Gasteiger partial charge in [-0.05, 0) is 61.3 Å². The van der Waals surface area contributed by atoms with Crippen LogP contribution in [-0.2, 0) is 19.5 Å². The average Bonchev–Trinajstić information content (AvgIpc) is 3.46. The van der Waals surface area contributed by atoms with Crippen molar-refractivity contribution in [2.45, 2.75) is 52.2 Å². The summed E-state index contributed by atoms with van der Waals surface area (Å²) in [6, 6.07) is 15.8. The average molecular weight is 512 g/mol. The fraction of sp³-hybridized carbons (Fsp3) is 0.333. The highest BCUT2D eigenvalue weighted by Gasteiger charge is 2.15. The number of benzene rings is 2. The number of aromatic nitrogens is 4. The van der Waals surface area contributed by atoms with E-state index in [1.165, 1.54) is 5.56 Å². The molecular weight excluding hydrogens is 474 g/mol. The van der Waals surface area contributed by atoms with Crippen molar-refractivity contribution in [2.24, 2.45) is 0 Å². The number of imidazole rings is 1. The van der Waals surface area contributed by atoms with Crippen LogP contribution in [0.5, 0.6) is 0 Å². The van der Waals surface area contributed by atoms with E-state index < -0.39 is 0 Å². The van der Waals surface area contributed by atoms with E-state index in [9.17, 15) is 4.79 Å². The van der Waals surface area contributed by atoms with Gasteiger partial charge in [0.05, 0.1) is 11.7 Å². The Bertz CT molecular complexity index is 1220. The molecule has 0 aliphatic heterocycles. The van der Waals surface area contributed by atoms with E-state index in [0.717, 1.165) is 55.2 Å². The van der Waals surface area contributed by atoms with Gasteiger partial charge in [-0.3, -0.25) is 19.7 Å². The van der Waals surface area contributed by atoms with E-state index in [1.807, 2.05) is 42.6 Å². The second kappa shape index (κ2) is 14.2. The molecule has 4 rings (SSSR count). The third-order valence-electron chi connectivity index (χ3n) is 6.36. The van der Waals surface area contributed by atoms with Gasteiger partial charge in [0.1, 0.15) is 5.82 Å². The maximum Gasteiger partial charge on any atom is 0.255 e. The Morgan fingerprint density at radius 1 is 0.921 bits per heavy atom. The van der Waals surface area contributed by atoms with E-state index in [2.05, 4.69) is 61.4 Å². The first kappa shape index (κ1) is 27.2. The summed E-state index contributed by atoms with van der Waals surface area (Å²) in [4.78, 5) is 31.5. The van der Waals surface area contributed by atoms with Crippen LogP contribution in [0.3, 0.4) is 0 Å². The molecule has 4 aromatic rings. The highest BCUT2D eigenvalue weighted by atomic mass is 16.1. The molecule has 2 heterocycles. The van der Waals surface area contributed by atoms with Crippen molar-refractivity contribution in [3.05, 3.63) is 108 Å². The number of rotatable bonds is 14. The molecule has 198 valence electrons. The predicted molar refractivity (Wildman–Crippen MR) is 151 cm³/mol. The van der Waals surface area contributed by atoms with E-state index in [4.69, 9.17) is 0 Å². The van der Waals surface area contributed by atoms with Crippen molar-refractivity contribution in [2.75, 3.05) is 18.4 Å². The number of nitrogens with zero attached hydrogens (tertiary/aromatic N) is 4. The van der Waals surface area contributed by atoms with E-state index >= 15 is 0 Å². The molecule has 0 bridgehead atoms. The number of amides is 1. The second-order valence-electron chi connectivity index (χ2n) is 9.43. The minimum atomic E-state index is -0.119. The molecule has 2 aromatic carbocycles. The lowest BCUT2D eigenvalue weighted by molar-refractivity contribution is 0.102. The summed E-state index contributed by atoms with van der Waals surface area (Å²) in [5.41, 5.74) is 4.61. The zero-order chi connectivity index (χ0) is 26.6. The summed E-state index contributed by atoms with van der Waals surface area (Å²) >= 11 is 0. The van der Waals surface area contributed by atoms with Gasteiger partial charge in [0.15, 0.2) is 0 Å². The molecule has 0 saturated heterocycles. The molecule has 3 N–H and O–H groups in total. The van der Waals surface area contributed by atoms with Gasteiger partial charge in [-0.25, -0.2) is 4.98 Å². The fourth-order valence-electron chi connectivity index (χ4n) is 4.45. The van der Waals surface area contributed by atoms with Crippen LogP contribution in [0.15, 0.2) is 79.5 Å². The number of anilines is 1. The van der Waals surface area contributed by atoms with Gasteiger partial charge < -0.3 is 15.6 Å². The lowest BCUT2D eigenvalue weighted by Crippen LogP contribution is -2.24. The normalized spacial score (nSPS) is 12.0. The third kappa shape index (κ3) is 8.06. The Labute approximate surface area is 225 Å². The Hall–Kier alpha value is -3.88. The zero-order valence-corrected chi connectivity index (χ0v) is 22.2. The number of hydrogen-bond acceptors (Lipinski definition) is 6. The molecule has 0 spiro atoms. The molecule has 0 radical (unpaired) electrons. The molecular formula is C30H37N7O. The van der Waals surface area contributed by atoms with E-state index in [0.29, 0.717) is 18.5 Å². The largest absolute Gasteiger partial charge is 0.349 e. The highest BCUT2D eigenvalue weighted by Crippen LogP contribution is 2.17. The number of carbonyl (C=O) groups excluding carboxylic acids is 1. The Balaban J connectivity index is 1.32. The molecule has 2 aromatic heterocycles. The fourth-order valence-corrected chi connectivity index (χ4v) is 4.45. The van der Waals surface area contributed by atoms with Gasteiger partial charge in [0, 0.05) is 61.7 Å². The Morgan fingerprint density at radius 3 is 2.29 bits per heavy atom. The van der Waals surface area contributed by atoms with Gasteiger partial charge in [-0.15, -0.1) is 0 Å². The second-order valence-corrected chi connectivity index (χ2v) is 9.43. The van der Waals surface area contributed by atoms with Crippen LogP contribution in [0.1, 0.15) is 65.7 Å². The van der Waals surface area contributed by atoms with Crippen molar-refractivity contribution in [1.82, 2.24) is 30.2 Å². The standard InChI is InChI=1S/C30H37N7O/c1-3-17-37(18-4-2)22-24-7-11-26(12-8-24)36-30(38)25-9-5-23(6-10-25)20-35-27(19-29-33-15-16-34-29)28-21-31-13-14-32-28/h5-16,21,27,35H,3-4,17-20,22H2,1-2H3,(H,33,34)(H,36,38). The summed E-state index contributed by atoms with van der Waals surface area (Å²) in [6.45, 7) is 8.18. The number of nitrogens with one attached hydrogen (secondary N) is 3. The van der Waals surface area contributed by atoms with Crippen LogP contribution in [-0.4, -0.2) is 43.8 Å². The molecule has 1 unspecified atom stereocenters. The highest BCUT2D eigenvalue weighted by molar-refractivity contribution is 6.04. The third-order valence-corrected chi connectivity index (χ3v) is 6.36. The van der Waals surface area contributed by atoms with Crippen LogP contribution < -0.4 is 10.6 Å². The smallest absolute Gasteiger partial charge is 0.255 e. The minimum Gasteiger partial charge on any atom is -0.349 e. The first-order valence-electron chi connectivity index (χ1n) is 13.3. The Morgan fingerprint density at radius 2 is 1.66 bits per heavy atom. The summed E-state index contributed by atoms with van der Waals surface area (Å²) in [5.74, 6) is 0.763. The molecule has 8 nitrogen and oxygen atoms in total. The zero-order valence-electron chi connectivity index (χ0n) is 22.2. The van der Waals surface area contributed by atoms with E-state index in [-0.39, 0.29) is 11.9 Å². The van der Waals surface area contributed by atoms with Crippen LogP contribution in [0, 0.1) is 0 Å². The molecule has 0 fully saturated rings. The molecule has 0 saturated carbocycles. The molecule has 0 aliphatic carbocycles. The maximum absolute atomic E-state index is 12.8. The van der Waals surface area contributed by atoms with Gasteiger partial charge in [0.25, 0.3) is 5.91 Å². The van der Waals surface area contributed by atoms with E-state index in [1.54, 1.807) is 24.8 Å². The van der Waals surface area contributed by atoms with Crippen molar-refractivity contribution in [3.8, 4) is 0 Å². The minimum absolute atomic E-state index is 0.0446. The summed E-state index contributed by atoms with van der Waals surface area (Å²) in [7, 11) is 0. The topological polar surface area (TPSA) is 98.8 Å². The van der Waals surface area contributed by atoms with Crippen molar-refractivity contribution >= 4 is 11.6 Å². The molecule has 1 amide bonds. The number of hydrogen-bond donors (Lipinski definition) is 3. The molecule has 1 atom stereocenters.